The average molecular weight is 407 g/mol. The Hall–Kier alpha value is -1.52. The molecule has 3 aromatic rings. The molecule has 0 aliphatic heterocycles. The van der Waals surface area contributed by atoms with E-state index < -0.39 is 0 Å². The molecule has 0 aromatic heterocycles. The summed E-state index contributed by atoms with van der Waals surface area (Å²) < 4.78 is 2.00. The van der Waals surface area contributed by atoms with Gasteiger partial charge in [0.25, 0.3) is 0 Å². The minimum atomic E-state index is 0.312. The third-order valence-corrected chi connectivity index (χ3v) is 4.58. The summed E-state index contributed by atoms with van der Waals surface area (Å²) in [6.07, 6.45) is 0. The van der Waals surface area contributed by atoms with Crippen LogP contribution in [0.25, 0.3) is 10.8 Å². The first-order valence-corrected chi connectivity index (χ1v) is 8.12. The van der Waals surface area contributed by atoms with E-state index in [2.05, 4.69) is 37.2 Å². The third-order valence-electron chi connectivity index (χ3n) is 3.40. The van der Waals surface area contributed by atoms with E-state index in [4.69, 9.17) is 0 Å². The molecule has 0 aliphatic carbocycles. The molecule has 0 radical (unpaired) electrons. The molecular weight excluding hydrogens is 394 g/mol. The Morgan fingerprint density at radius 1 is 0.952 bits per heavy atom. The lowest BCUT2D eigenvalue weighted by molar-refractivity contribution is 0.470. The number of halogens is 2. The number of nitrogens with one attached hydrogen (secondary N) is 1. The number of hydrogen-bond acceptors (Lipinski definition) is 2. The minimum absolute atomic E-state index is 0.312. The van der Waals surface area contributed by atoms with Crippen molar-refractivity contribution < 1.29 is 5.11 Å². The Bertz CT molecular complexity index is 802. The van der Waals surface area contributed by atoms with E-state index >= 15 is 0 Å². The number of aromatic hydroxyl groups is 1. The molecule has 3 rings (SSSR count). The van der Waals surface area contributed by atoms with Crippen molar-refractivity contribution in [1.29, 1.82) is 0 Å². The van der Waals surface area contributed by atoms with Crippen LogP contribution in [0.4, 0.5) is 5.69 Å². The number of phenols is 1. The molecule has 0 unspecified atom stereocenters. The third kappa shape index (κ3) is 3.06. The van der Waals surface area contributed by atoms with Crippen LogP contribution in [0.3, 0.4) is 0 Å². The monoisotopic (exact) mass is 405 g/mol. The maximum atomic E-state index is 10.1. The van der Waals surface area contributed by atoms with Crippen LogP contribution in [-0.4, -0.2) is 5.11 Å². The molecule has 0 amide bonds. The predicted octanol–water partition coefficient (Wildman–Crippen LogP) is 5.68. The zero-order valence-electron chi connectivity index (χ0n) is 11.1. The van der Waals surface area contributed by atoms with Crippen molar-refractivity contribution in [2.45, 2.75) is 6.54 Å². The van der Waals surface area contributed by atoms with E-state index in [1.165, 1.54) is 0 Å². The summed E-state index contributed by atoms with van der Waals surface area (Å²) in [6, 6.07) is 17.7. The van der Waals surface area contributed by atoms with Crippen molar-refractivity contribution in [1.82, 2.24) is 0 Å². The van der Waals surface area contributed by atoms with Gasteiger partial charge in [-0.05, 0) is 51.0 Å². The van der Waals surface area contributed by atoms with Gasteiger partial charge in [0.15, 0.2) is 0 Å². The second-order valence-electron chi connectivity index (χ2n) is 4.76. The van der Waals surface area contributed by atoms with Crippen LogP contribution in [0.5, 0.6) is 5.75 Å². The summed E-state index contributed by atoms with van der Waals surface area (Å²) in [4.78, 5) is 0. The molecule has 21 heavy (non-hydrogen) atoms. The number of rotatable bonds is 3. The van der Waals surface area contributed by atoms with Crippen molar-refractivity contribution in [3.8, 4) is 5.75 Å². The highest BCUT2D eigenvalue weighted by Gasteiger charge is 2.08. The molecule has 0 bridgehead atoms. The number of benzene rings is 3. The lowest BCUT2D eigenvalue weighted by Gasteiger charge is -2.13. The standard InChI is InChI=1S/C17H13Br2NO/c18-12-6-7-15(19)16(9-12)20-10-14-13-4-2-1-3-11(13)5-8-17(14)21/h1-9,20-21H,10H2. The fourth-order valence-electron chi connectivity index (χ4n) is 2.33. The molecule has 2 nitrogen and oxygen atoms in total. The number of anilines is 1. The van der Waals surface area contributed by atoms with Gasteiger partial charge < -0.3 is 10.4 Å². The lowest BCUT2D eigenvalue weighted by atomic mass is 10.0. The van der Waals surface area contributed by atoms with Gasteiger partial charge in [0.1, 0.15) is 5.75 Å². The Morgan fingerprint density at radius 2 is 1.76 bits per heavy atom. The van der Waals surface area contributed by atoms with Gasteiger partial charge >= 0.3 is 0 Å². The van der Waals surface area contributed by atoms with Gasteiger partial charge in [-0.25, -0.2) is 0 Å². The van der Waals surface area contributed by atoms with Gasteiger partial charge in [-0.15, -0.1) is 0 Å². The Balaban J connectivity index is 1.95. The smallest absolute Gasteiger partial charge is 0.121 e. The van der Waals surface area contributed by atoms with Gasteiger partial charge in [0.05, 0.1) is 0 Å². The molecule has 0 heterocycles. The number of hydrogen-bond donors (Lipinski definition) is 2. The Morgan fingerprint density at radius 3 is 2.62 bits per heavy atom. The predicted molar refractivity (Wildman–Crippen MR) is 94.8 cm³/mol. The first-order chi connectivity index (χ1) is 10.1. The number of fused-ring (bicyclic) bond motifs is 1. The molecule has 106 valence electrons. The fraction of sp³-hybridized carbons (Fsp3) is 0.0588. The molecule has 0 saturated heterocycles. The lowest BCUT2D eigenvalue weighted by Crippen LogP contribution is -2.01. The van der Waals surface area contributed by atoms with Crippen LogP contribution in [0.1, 0.15) is 5.56 Å². The van der Waals surface area contributed by atoms with E-state index in [1.807, 2.05) is 48.5 Å². The van der Waals surface area contributed by atoms with E-state index in [9.17, 15) is 5.11 Å². The molecule has 0 spiro atoms. The molecule has 3 aromatic carbocycles. The topological polar surface area (TPSA) is 32.3 Å². The Labute approximate surface area is 140 Å². The minimum Gasteiger partial charge on any atom is -0.508 e. The zero-order chi connectivity index (χ0) is 14.8. The van der Waals surface area contributed by atoms with Crippen LogP contribution in [0.2, 0.25) is 0 Å². The van der Waals surface area contributed by atoms with Crippen LogP contribution < -0.4 is 5.32 Å². The summed E-state index contributed by atoms with van der Waals surface area (Å²) >= 11 is 6.99. The highest BCUT2D eigenvalue weighted by atomic mass is 79.9. The van der Waals surface area contributed by atoms with Crippen molar-refractivity contribution in [2.24, 2.45) is 0 Å². The number of phenolic OH excluding ortho intramolecular Hbond substituents is 1. The van der Waals surface area contributed by atoms with Crippen LogP contribution in [-0.2, 0) is 6.54 Å². The second-order valence-corrected chi connectivity index (χ2v) is 6.53. The summed E-state index contributed by atoms with van der Waals surface area (Å²) in [5.41, 5.74) is 1.89. The summed E-state index contributed by atoms with van der Waals surface area (Å²) in [5.74, 6) is 0.312. The summed E-state index contributed by atoms with van der Waals surface area (Å²) in [7, 11) is 0. The SMILES string of the molecule is Oc1ccc2ccccc2c1CNc1cc(Br)ccc1Br. The maximum absolute atomic E-state index is 10.1. The molecule has 4 heteroatoms. The van der Waals surface area contributed by atoms with Crippen LogP contribution >= 0.6 is 31.9 Å². The van der Waals surface area contributed by atoms with Crippen LogP contribution in [0.15, 0.2) is 63.5 Å². The van der Waals surface area contributed by atoms with Gasteiger partial charge in [-0.2, -0.15) is 0 Å². The van der Waals surface area contributed by atoms with Crippen molar-refractivity contribution >= 4 is 48.3 Å². The molecule has 0 aliphatic rings. The maximum Gasteiger partial charge on any atom is 0.121 e. The van der Waals surface area contributed by atoms with Crippen molar-refractivity contribution in [2.75, 3.05) is 5.32 Å². The second kappa shape index (κ2) is 6.08. The average Bonchev–Trinajstić information content (AvgIpc) is 2.49. The fourth-order valence-corrected chi connectivity index (χ4v) is 3.07. The van der Waals surface area contributed by atoms with E-state index in [0.29, 0.717) is 12.3 Å². The highest BCUT2D eigenvalue weighted by molar-refractivity contribution is 9.11. The van der Waals surface area contributed by atoms with Gasteiger partial charge in [-0.1, -0.05) is 46.3 Å². The van der Waals surface area contributed by atoms with E-state index in [0.717, 1.165) is 31.0 Å². The van der Waals surface area contributed by atoms with Crippen LogP contribution in [0, 0.1) is 0 Å². The van der Waals surface area contributed by atoms with E-state index in [1.54, 1.807) is 6.07 Å². The largest absolute Gasteiger partial charge is 0.508 e. The first kappa shape index (κ1) is 14.4. The van der Waals surface area contributed by atoms with E-state index in [-0.39, 0.29) is 0 Å². The Kier molecular flexibility index (Phi) is 4.17. The van der Waals surface area contributed by atoms with Gasteiger partial charge in [-0.3, -0.25) is 0 Å². The summed E-state index contributed by atoms with van der Waals surface area (Å²) in [6.45, 7) is 0.558. The van der Waals surface area contributed by atoms with Gasteiger partial charge in [0.2, 0.25) is 0 Å². The molecule has 0 saturated carbocycles. The molecule has 2 N–H and O–H groups in total. The zero-order valence-corrected chi connectivity index (χ0v) is 14.3. The van der Waals surface area contributed by atoms with Crippen molar-refractivity contribution in [3.63, 3.8) is 0 Å². The normalized spacial score (nSPS) is 10.8. The molecule has 0 atom stereocenters. The van der Waals surface area contributed by atoms with Gasteiger partial charge in [0, 0.05) is 26.7 Å². The highest BCUT2D eigenvalue weighted by Crippen LogP contribution is 2.30. The molecule has 0 fully saturated rings. The first-order valence-electron chi connectivity index (χ1n) is 6.53. The summed E-state index contributed by atoms with van der Waals surface area (Å²) in [5, 5.41) is 15.7. The molecular formula is C17H13Br2NO. The quantitative estimate of drug-likeness (QED) is 0.586. The van der Waals surface area contributed by atoms with Crippen molar-refractivity contribution in [3.05, 3.63) is 69.1 Å².